The molecule has 0 fully saturated rings. The van der Waals surface area contributed by atoms with Gasteiger partial charge in [-0.2, -0.15) is 0 Å². The maximum Gasteiger partial charge on any atom is 0.123 e. The van der Waals surface area contributed by atoms with E-state index < -0.39 is 5.54 Å². The molecule has 0 heterocycles. The van der Waals surface area contributed by atoms with Crippen LogP contribution in [0.4, 0.5) is 8.78 Å². The van der Waals surface area contributed by atoms with Gasteiger partial charge in [-0.15, -0.1) is 0 Å². The van der Waals surface area contributed by atoms with Gasteiger partial charge in [-0.25, -0.2) is 8.78 Å². The van der Waals surface area contributed by atoms with Gasteiger partial charge in [0.15, 0.2) is 0 Å². The van der Waals surface area contributed by atoms with Crippen LogP contribution in [0.5, 0.6) is 0 Å². The lowest BCUT2D eigenvalue weighted by Crippen LogP contribution is -2.41. The second-order valence-electron chi connectivity index (χ2n) is 5.37. The first kappa shape index (κ1) is 14.9. The molecule has 1 nitrogen and oxygen atoms in total. The van der Waals surface area contributed by atoms with Crippen LogP contribution in [0.3, 0.4) is 0 Å². The average molecular weight is 296 g/mol. The molecule has 0 aliphatic heterocycles. The molecule has 0 saturated carbocycles. The molecule has 0 aliphatic rings. The summed E-state index contributed by atoms with van der Waals surface area (Å²) in [6, 6.07) is 10.5. The lowest BCUT2D eigenvalue weighted by atomic mass is 9.87. The van der Waals surface area contributed by atoms with Gasteiger partial charge in [0.05, 0.1) is 0 Å². The highest BCUT2D eigenvalue weighted by Gasteiger charge is 2.21. The van der Waals surface area contributed by atoms with E-state index in [-0.39, 0.29) is 11.6 Å². The van der Waals surface area contributed by atoms with Crippen LogP contribution in [-0.4, -0.2) is 5.54 Å². The fourth-order valence-corrected chi connectivity index (χ4v) is 2.43. The normalized spacial score (nSPS) is 14.1. The highest BCUT2D eigenvalue weighted by Crippen LogP contribution is 2.23. The van der Waals surface area contributed by atoms with E-state index >= 15 is 0 Å². The van der Waals surface area contributed by atoms with Gasteiger partial charge >= 0.3 is 0 Å². The van der Waals surface area contributed by atoms with E-state index in [9.17, 15) is 8.78 Å². The van der Waals surface area contributed by atoms with Crippen molar-refractivity contribution in [2.24, 2.45) is 5.73 Å². The van der Waals surface area contributed by atoms with E-state index in [1.807, 2.05) is 6.92 Å². The Balaban J connectivity index is 2.14. The average Bonchev–Trinajstić information content (AvgIpc) is 2.36. The van der Waals surface area contributed by atoms with Gasteiger partial charge in [0.1, 0.15) is 11.6 Å². The lowest BCUT2D eigenvalue weighted by Gasteiger charge is -2.25. The largest absolute Gasteiger partial charge is 0.325 e. The highest BCUT2D eigenvalue weighted by molar-refractivity contribution is 6.31. The molecule has 0 saturated heterocycles. The minimum atomic E-state index is -0.588. The van der Waals surface area contributed by atoms with Crippen molar-refractivity contribution in [3.63, 3.8) is 0 Å². The Morgan fingerprint density at radius 3 is 2.25 bits per heavy atom. The summed E-state index contributed by atoms with van der Waals surface area (Å²) in [6.07, 6.45) is 1.00. The maximum atomic E-state index is 13.3. The zero-order valence-electron chi connectivity index (χ0n) is 11.2. The van der Waals surface area contributed by atoms with Gasteiger partial charge in [-0.1, -0.05) is 23.7 Å². The Morgan fingerprint density at radius 2 is 1.60 bits per heavy atom. The monoisotopic (exact) mass is 295 g/mol. The van der Waals surface area contributed by atoms with Crippen molar-refractivity contribution in [1.82, 2.24) is 0 Å². The van der Waals surface area contributed by atoms with E-state index in [1.54, 1.807) is 12.1 Å². The molecular formula is C16H16ClF2N. The van der Waals surface area contributed by atoms with Gasteiger partial charge in [0, 0.05) is 10.6 Å². The van der Waals surface area contributed by atoms with E-state index in [0.29, 0.717) is 23.4 Å². The van der Waals surface area contributed by atoms with Crippen molar-refractivity contribution in [2.75, 3.05) is 0 Å². The summed E-state index contributed by atoms with van der Waals surface area (Å²) in [5.41, 5.74) is 7.29. The summed E-state index contributed by atoms with van der Waals surface area (Å²) in [5.74, 6) is -0.609. The molecule has 0 aromatic heterocycles. The summed E-state index contributed by atoms with van der Waals surface area (Å²) in [7, 11) is 0. The molecule has 106 valence electrons. The molecule has 1 unspecified atom stereocenters. The summed E-state index contributed by atoms with van der Waals surface area (Å²) in [4.78, 5) is 0. The summed E-state index contributed by atoms with van der Waals surface area (Å²) in [6.45, 7) is 1.87. The molecular weight excluding hydrogens is 280 g/mol. The molecule has 2 N–H and O–H groups in total. The lowest BCUT2D eigenvalue weighted by molar-refractivity contribution is 0.461. The Kier molecular flexibility index (Phi) is 4.41. The van der Waals surface area contributed by atoms with Crippen molar-refractivity contribution >= 4 is 11.6 Å². The third-order valence-electron chi connectivity index (χ3n) is 3.12. The summed E-state index contributed by atoms with van der Waals surface area (Å²) >= 11 is 6.05. The summed E-state index contributed by atoms with van der Waals surface area (Å²) < 4.78 is 26.1. The van der Waals surface area contributed by atoms with Crippen LogP contribution in [0.2, 0.25) is 5.02 Å². The second kappa shape index (κ2) is 5.90. The molecule has 2 aromatic rings. The third kappa shape index (κ3) is 4.02. The van der Waals surface area contributed by atoms with Crippen molar-refractivity contribution in [3.05, 3.63) is 70.2 Å². The van der Waals surface area contributed by atoms with Gasteiger partial charge in [-0.05, 0) is 61.2 Å². The van der Waals surface area contributed by atoms with Crippen molar-refractivity contribution in [1.29, 1.82) is 0 Å². The van der Waals surface area contributed by atoms with Crippen LogP contribution in [-0.2, 0) is 12.8 Å². The number of benzene rings is 2. The number of nitrogens with two attached hydrogens (primary N) is 1. The maximum absolute atomic E-state index is 13.3. The quantitative estimate of drug-likeness (QED) is 0.902. The van der Waals surface area contributed by atoms with Gasteiger partial charge in [0.2, 0.25) is 0 Å². The zero-order chi connectivity index (χ0) is 14.8. The Hall–Kier alpha value is -1.45. The van der Waals surface area contributed by atoms with Crippen LogP contribution in [0.25, 0.3) is 0 Å². The second-order valence-corrected chi connectivity index (χ2v) is 5.78. The van der Waals surface area contributed by atoms with Gasteiger partial charge in [-0.3, -0.25) is 0 Å². The molecule has 2 aromatic carbocycles. The van der Waals surface area contributed by atoms with E-state index in [0.717, 1.165) is 5.56 Å². The van der Waals surface area contributed by atoms with Crippen molar-refractivity contribution in [2.45, 2.75) is 25.3 Å². The first-order valence-electron chi connectivity index (χ1n) is 6.33. The van der Waals surface area contributed by atoms with Gasteiger partial charge < -0.3 is 5.73 Å². The number of hydrogen-bond donors (Lipinski definition) is 1. The molecule has 20 heavy (non-hydrogen) atoms. The van der Waals surface area contributed by atoms with E-state index in [4.69, 9.17) is 17.3 Å². The first-order valence-corrected chi connectivity index (χ1v) is 6.71. The summed E-state index contributed by atoms with van der Waals surface area (Å²) in [5, 5.41) is 0.502. The standard InChI is InChI=1S/C16H16ClF2N/c1-16(20,9-11-2-4-13(18)5-3-11)10-12-8-14(19)6-7-15(12)17/h2-8H,9-10,20H2,1H3. The molecule has 0 amide bonds. The predicted octanol–water partition coefficient (Wildman–Crippen LogP) is 4.12. The molecule has 0 spiro atoms. The van der Waals surface area contributed by atoms with Gasteiger partial charge in [0.25, 0.3) is 0 Å². The minimum absolute atomic E-state index is 0.277. The minimum Gasteiger partial charge on any atom is -0.325 e. The SMILES string of the molecule is CC(N)(Cc1ccc(F)cc1)Cc1cc(F)ccc1Cl. The molecule has 0 radical (unpaired) electrons. The van der Waals surface area contributed by atoms with Crippen LogP contribution in [0.1, 0.15) is 18.1 Å². The molecule has 2 rings (SSSR count). The highest BCUT2D eigenvalue weighted by atomic mass is 35.5. The predicted molar refractivity (Wildman–Crippen MR) is 77.8 cm³/mol. The Bertz CT molecular complexity index is 594. The zero-order valence-corrected chi connectivity index (χ0v) is 11.9. The van der Waals surface area contributed by atoms with Crippen LogP contribution in [0.15, 0.2) is 42.5 Å². The van der Waals surface area contributed by atoms with E-state index in [2.05, 4.69) is 0 Å². The molecule has 0 aliphatic carbocycles. The van der Waals surface area contributed by atoms with Crippen LogP contribution >= 0.6 is 11.6 Å². The van der Waals surface area contributed by atoms with Crippen LogP contribution in [0, 0.1) is 11.6 Å². The third-order valence-corrected chi connectivity index (χ3v) is 3.49. The molecule has 0 bridgehead atoms. The molecule has 1 atom stereocenters. The Labute approximate surface area is 122 Å². The first-order chi connectivity index (χ1) is 9.35. The van der Waals surface area contributed by atoms with E-state index in [1.165, 1.54) is 30.3 Å². The topological polar surface area (TPSA) is 26.0 Å². The van der Waals surface area contributed by atoms with Crippen LogP contribution < -0.4 is 5.73 Å². The molecule has 4 heteroatoms. The number of halogens is 3. The number of hydrogen-bond acceptors (Lipinski definition) is 1. The Morgan fingerprint density at radius 1 is 1.00 bits per heavy atom. The number of rotatable bonds is 4. The smallest absolute Gasteiger partial charge is 0.123 e. The van der Waals surface area contributed by atoms with Crippen molar-refractivity contribution in [3.8, 4) is 0 Å². The fraction of sp³-hybridized carbons (Fsp3) is 0.250. The van der Waals surface area contributed by atoms with Crippen molar-refractivity contribution < 1.29 is 8.78 Å². The fourth-order valence-electron chi connectivity index (χ4n) is 2.24.